The number of aliphatic carboxylic acids is 1. The molecular formula is C36H37N3O8. The molecular weight excluding hydrogens is 602 g/mol. The summed E-state index contributed by atoms with van der Waals surface area (Å²) in [6.45, 7) is 3.89. The molecule has 1 aromatic heterocycles. The van der Waals surface area contributed by atoms with Crippen LogP contribution in [0.3, 0.4) is 0 Å². The molecule has 244 valence electrons. The highest BCUT2D eigenvalue weighted by Gasteiger charge is 2.69. The zero-order valence-electron chi connectivity index (χ0n) is 26.9. The number of rotatable bonds is 10. The Hall–Kier alpha value is -5.16. The molecule has 2 aliphatic rings. The number of carboxylic acids is 1. The molecule has 0 spiro atoms. The van der Waals surface area contributed by atoms with E-state index in [-0.39, 0.29) is 23.3 Å². The summed E-state index contributed by atoms with van der Waals surface area (Å²) < 4.78 is 16.2. The van der Waals surface area contributed by atoms with Gasteiger partial charge in [0.1, 0.15) is 22.6 Å². The van der Waals surface area contributed by atoms with E-state index < -0.39 is 47.2 Å². The molecule has 0 bridgehead atoms. The number of hydrogen-bond acceptors (Lipinski definition) is 8. The topological polar surface area (TPSA) is 147 Å². The minimum absolute atomic E-state index is 0.00207. The fraction of sp³-hybridized carbons (Fsp3) is 0.333. The number of anilines is 1. The van der Waals surface area contributed by atoms with Gasteiger partial charge >= 0.3 is 11.9 Å². The molecule has 4 aromatic rings. The van der Waals surface area contributed by atoms with Gasteiger partial charge < -0.3 is 24.3 Å². The van der Waals surface area contributed by atoms with Gasteiger partial charge in [-0.3, -0.25) is 19.7 Å². The average molecular weight is 640 g/mol. The van der Waals surface area contributed by atoms with Crippen molar-refractivity contribution in [3.63, 3.8) is 0 Å². The predicted octanol–water partition coefficient (Wildman–Crippen LogP) is 4.61. The lowest BCUT2D eigenvalue weighted by molar-refractivity contribution is -0.148. The van der Waals surface area contributed by atoms with Crippen LogP contribution in [-0.2, 0) is 38.4 Å². The van der Waals surface area contributed by atoms with Crippen LogP contribution in [-0.4, -0.2) is 60.7 Å². The summed E-state index contributed by atoms with van der Waals surface area (Å²) in [4.78, 5) is 60.9. The van der Waals surface area contributed by atoms with Crippen LogP contribution in [0, 0.1) is 11.8 Å². The normalized spacial score (nSPS) is 22.1. The Kier molecular flexibility index (Phi) is 8.27. The number of carbonyl (C=O) groups excluding carboxylic acids is 3. The number of aromatic nitrogens is 1. The van der Waals surface area contributed by atoms with Crippen LogP contribution < -0.4 is 19.7 Å². The Morgan fingerprint density at radius 2 is 1.62 bits per heavy atom. The monoisotopic (exact) mass is 639 g/mol. The number of carboxylic acid groups (broad SMARTS) is 1. The number of methoxy groups -OCH3 is 3. The van der Waals surface area contributed by atoms with Crippen molar-refractivity contribution in [2.45, 2.75) is 44.7 Å². The highest BCUT2D eigenvalue weighted by Crippen LogP contribution is 2.53. The highest BCUT2D eigenvalue weighted by molar-refractivity contribution is 6.25. The van der Waals surface area contributed by atoms with Crippen LogP contribution in [0.2, 0.25) is 0 Å². The Morgan fingerprint density at radius 3 is 2.23 bits per heavy atom. The first-order chi connectivity index (χ1) is 22.6. The van der Waals surface area contributed by atoms with Crippen molar-refractivity contribution in [2.24, 2.45) is 11.8 Å². The number of carbonyl (C=O) groups is 4. The number of para-hydroxylation sites is 2. The lowest BCUT2D eigenvalue weighted by atomic mass is 9.76. The number of benzene rings is 3. The Bertz CT molecular complexity index is 1890. The molecule has 0 aliphatic carbocycles. The predicted molar refractivity (Wildman–Crippen MR) is 174 cm³/mol. The molecule has 6 rings (SSSR count). The molecule has 3 heterocycles. The van der Waals surface area contributed by atoms with E-state index in [1.54, 1.807) is 12.3 Å². The number of aromatic amines is 1. The third-order valence-corrected chi connectivity index (χ3v) is 9.65. The second-order valence-electron chi connectivity index (χ2n) is 11.9. The van der Waals surface area contributed by atoms with Gasteiger partial charge in [0.15, 0.2) is 0 Å². The van der Waals surface area contributed by atoms with Gasteiger partial charge in [0.05, 0.1) is 38.9 Å². The summed E-state index contributed by atoms with van der Waals surface area (Å²) in [6.07, 6.45) is 2.71. The minimum atomic E-state index is -1.95. The quantitative estimate of drug-likeness (QED) is 0.167. The number of nitrogens with one attached hydrogen (secondary N) is 2. The van der Waals surface area contributed by atoms with Crippen molar-refractivity contribution in [1.29, 1.82) is 0 Å². The number of esters is 1. The summed E-state index contributed by atoms with van der Waals surface area (Å²) in [5, 5.41) is 15.2. The first-order valence-corrected chi connectivity index (χ1v) is 15.5. The van der Waals surface area contributed by atoms with E-state index in [1.165, 1.54) is 32.3 Å². The molecule has 2 fully saturated rings. The summed E-state index contributed by atoms with van der Waals surface area (Å²) in [7, 11) is 4.05. The van der Waals surface area contributed by atoms with Crippen LogP contribution in [0.15, 0.2) is 60.8 Å². The molecule has 2 aliphatic heterocycles. The standard InChI is InChI=1S/C36H37N3O8/c1-6-19-11-10-12-20(7-2)31(19)39-32(40)28-29(33(39)41)36(35(43)44,17-21-18-37-25-14-9-8-13-23(21)25)38-30(28)24-15-22(45-3)16-26(46-4)27(24)34(42)47-5/h8-16,18,28-30,37-38H,6-7,17H2,1-5H3,(H,43,44). The van der Waals surface area contributed by atoms with Crippen molar-refractivity contribution in [1.82, 2.24) is 10.3 Å². The number of ether oxygens (including phenoxy) is 3. The molecule has 3 aromatic carbocycles. The summed E-state index contributed by atoms with van der Waals surface area (Å²) >= 11 is 0. The number of hydrogen-bond donors (Lipinski definition) is 3. The smallest absolute Gasteiger partial charge is 0.341 e. The lowest BCUT2D eigenvalue weighted by Gasteiger charge is -2.32. The van der Waals surface area contributed by atoms with Crippen LogP contribution in [0.5, 0.6) is 11.5 Å². The van der Waals surface area contributed by atoms with Gasteiger partial charge in [0.25, 0.3) is 0 Å². The molecule has 2 amide bonds. The fourth-order valence-corrected chi connectivity index (χ4v) is 7.46. The van der Waals surface area contributed by atoms with Crippen LogP contribution in [0.25, 0.3) is 10.9 Å². The maximum absolute atomic E-state index is 14.8. The largest absolute Gasteiger partial charge is 0.497 e. The van der Waals surface area contributed by atoms with Crippen LogP contribution in [0.1, 0.15) is 52.5 Å². The van der Waals surface area contributed by atoms with Gasteiger partial charge in [0, 0.05) is 35.6 Å². The number of amides is 2. The number of imide groups is 1. The first kappa shape index (κ1) is 31.8. The zero-order valence-corrected chi connectivity index (χ0v) is 26.9. The van der Waals surface area contributed by atoms with Crippen molar-refractivity contribution in [3.8, 4) is 11.5 Å². The van der Waals surface area contributed by atoms with Gasteiger partial charge in [0.2, 0.25) is 11.8 Å². The van der Waals surface area contributed by atoms with E-state index in [2.05, 4.69) is 10.3 Å². The SMILES string of the molecule is CCc1cccc(CC)c1N1C(=O)C2C(c3cc(OC)cc(OC)c3C(=O)OC)NC(Cc3c[nH]c4ccccc34)(C(=O)O)C2C1=O. The Balaban J connectivity index is 1.62. The molecule has 11 heteroatoms. The summed E-state index contributed by atoms with van der Waals surface area (Å²) in [6, 6.07) is 15.1. The number of nitrogens with zero attached hydrogens (tertiary/aromatic N) is 1. The Labute approximate surface area is 271 Å². The van der Waals surface area contributed by atoms with E-state index in [4.69, 9.17) is 14.2 Å². The molecule has 4 atom stereocenters. The van der Waals surface area contributed by atoms with Crippen molar-refractivity contribution in [3.05, 3.63) is 88.6 Å². The number of aryl methyl sites for hydroxylation is 2. The van der Waals surface area contributed by atoms with Crippen LogP contribution in [0.4, 0.5) is 5.69 Å². The number of H-pyrrole nitrogens is 1. The maximum Gasteiger partial charge on any atom is 0.341 e. The molecule has 0 radical (unpaired) electrons. The van der Waals surface area contributed by atoms with E-state index >= 15 is 0 Å². The van der Waals surface area contributed by atoms with Gasteiger partial charge in [-0.2, -0.15) is 0 Å². The molecule has 47 heavy (non-hydrogen) atoms. The minimum Gasteiger partial charge on any atom is -0.497 e. The first-order valence-electron chi connectivity index (χ1n) is 15.5. The van der Waals surface area contributed by atoms with Crippen LogP contribution >= 0.6 is 0 Å². The fourth-order valence-electron chi connectivity index (χ4n) is 7.46. The maximum atomic E-state index is 14.8. The second-order valence-corrected chi connectivity index (χ2v) is 11.9. The third-order valence-electron chi connectivity index (χ3n) is 9.65. The van der Waals surface area contributed by atoms with E-state index in [1.807, 2.05) is 56.3 Å². The van der Waals surface area contributed by atoms with E-state index in [0.717, 1.165) is 22.0 Å². The third kappa shape index (κ3) is 4.84. The zero-order chi connectivity index (χ0) is 33.6. The second kappa shape index (κ2) is 12.2. The van der Waals surface area contributed by atoms with Crippen molar-refractivity contribution >= 4 is 40.3 Å². The average Bonchev–Trinajstić information content (AvgIpc) is 3.74. The molecule has 2 saturated heterocycles. The van der Waals surface area contributed by atoms with Gasteiger partial charge in [-0.25, -0.2) is 9.69 Å². The van der Waals surface area contributed by atoms with Crippen molar-refractivity contribution < 1.29 is 38.5 Å². The van der Waals surface area contributed by atoms with E-state index in [9.17, 15) is 24.3 Å². The van der Waals surface area contributed by atoms with E-state index in [0.29, 0.717) is 29.8 Å². The van der Waals surface area contributed by atoms with Gasteiger partial charge in [-0.15, -0.1) is 0 Å². The van der Waals surface area contributed by atoms with Gasteiger partial charge in [-0.05, 0) is 47.2 Å². The highest BCUT2D eigenvalue weighted by atomic mass is 16.5. The van der Waals surface area contributed by atoms with Crippen molar-refractivity contribution in [2.75, 3.05) is 26.2 Å². The summed E-state index contributed by atoms with van der Waals surface area (Å²) in [5.41, 5.74) is 1.84. The molecule has 4 unspecified atom stereocenters. The summed E-state index contributed by atoms with van der Waals surface area (Å²) in [5.74, 6) is -5.30. The lowest BCUT2D eigenvalue weighted by Crippen LogP contribution is -2.57. The number of fused-ring (bicyclic) bond motifs is 2. The van der Waals surface area contributed by atoms with Gasteiger partial charge in [-0.1, -0.05) is 50.2 Å². The molecule has 0 saturated carbocycles. The molecule has 3 N–H and O–H groups in total. The Morgan fingerprint density at radius 1 is 0.915 bits per heavy atom. The molecule has 11 nitrogen and oxygen atoms in total.